The Bertz CT molecular complexity index is 427. The molecule has 1 rings (SSSR count). The van der Waals surface area contributed by atoms with Crippen molar-refractivity contribution in [2.45, 2.75) is 0 Å². The van der Waals surface area contributed by atoms with Crippen molar-refractivity contribution in [3.05, 3.63) is 29.6 Å². The van der Waals surface area contributed by atoms with Crippen LogP contribution in [0.15, 0.2) is 18.2 Å². The molecule has 4 N–H and O–H groups in total. The van der Waals surface area contributed by atoms with Crippen molar-refractivity contribution in [2.75, 3.05) is 18.4 Å². The van der Waals surface area contributed by atoms with E-state index >= 15 is 0 Å². The number of urea groups is 1. The van der Waals surface area contributed by atoms with E-state index in [2.05, 4.69) is 10.6 Å². The van der Waals surface area contributed by atoms with Crippen LogP contribution in [-0.2, 0) is 0 Å². The number of rotatable bonds is 4. The molecule has 0 aliphatic carbocycles. The van der Waals surface area contributed by atoms with Gasteiger partial charge in [0.2, 0.25) is 0 Å². The van der Waals surface area contributed by atoms with Gasteiger partial charge in [0, 0.05) is 13.1 Å². The predicted octanol–water partition coefficient (Wildman–Crippen LogP) is 0.778. The Kier molecular flexibility index (Phi) is 4.09. The predicted molar refractivity (Wildman–Crippen MR) is 57.2 cm³/mol. The first kappa shape index (κ1) is 11.8. The van der Waals surface area contributed by atoms with Gasteiger partial charge in [-0.15, -0.1) is 0 Å². The highest BCUT2D eigenvalue weighted by Crippen LogP contribution is 2.15. The average molecular weight is 222 g/mol. The molecule has 1 aromatic rings. The van der Waals surface area contributed by atoms with Crippen molar-refractivity contribution in [3.63, 3.8) is 0 Å². The van der Waals surface area contributed by atoms with Gasteiger partial charge in [-0.3, -0.25) is 0 Å². The molecule has 0 spiro atoms. The monoisotopic (exact) mass is 222 g/mol. The van der Waals surface area contributed by atoms with E-state index in [1.165, 1.54) is 12.1 Å². The lowest BCUT2D eigenvalue weighted by atomic mass is 10.2. The number of nitrogens with two attached hydrogens (primary N) is 1. The number of hydrogen-bond donors (Lipinski definition) is 3. The van der Waals surface area contributed by atoms with Crippen molar-refractivity contribution in [1.29, 1.82) is 5.26 Å². The summed E-state index contributed by atoms with van der Waals surface area (Å²) in [6.45, 7) is 0.737. The zero-order valence-corrected chi connectivity index (χ0v) is 8.46. The Balaban J connectivity index is 2.54. The number of carbonyl (C=O) groups excluding carboxylic acids is 1. The molecule has 0 radical (unpaired) electrons. The molecule has 0 saturated carbocycles. The molecule has 16 heavy (non-hydrogen) atoms. The summed E-state index contributed by atoms with van der Waals surface area (Å²) in [6.07, 6.45) is 0. The number of carbonyl (C=O) groups is 1. The molecule has 6 heteroatoms. The largest absolute Gasteiger partial charge is 0.382 e. The van der Waals surface area contributed by atoms with Gasteiger partial charge in [-0.2, -0.15) is 5.26 Å². The number of primary amides is 1. The minimum absolute atomic E-state index is 0.221. The van der Waals surface area contributed by atoms with Crippen molar-refractivity contribution < 1.29 is 9.18 Å². The van der Waals surface area contributed by atoms with Crippen molar-refractivity contribution in [1.82, 2.24) is 5.32 Å². The molecule has 0 unspecified atom stereocenters. The van der Waals surface area contributed by atoms with Crippen LogP contribution in [0.25, 0.3) is 0 Å². The normalized spacial score (nSPS) is 9.25. The van der Waals surface area contributed by atoms with Gasteiger partial charge in [-0.05, 0) is 18.2 Å². The molecule has 0 aliphatic heterocycles. The van der Waals surface area contributed by atoms with Gasteiger partial charge >= 0.3 is 6.03 Å². The highest BCUT2D eigenvalue weighted by atomic mass is 19.1. The van der Waals surface area contributed by atoms with Gasteiger partial charge in [0.15, 0.2) is 0 Å². The van der Waals surface area contributed by atoms with Crippen LogP contribution in [0.4, 0.5) is 14.9 Å². The smallest absolute Gasteiger partial charge is 0.312 e. The zero-order valence-electron chi connectivity index (χ0n) is 8.46. The Morgan fingerprint density at radius 1 is 1.50 bits per heavy atom. The zero-order chi connectivity index (χ0) is 12.0. The van der Waals surface area contributed by atoms with Crippen LogP contribution in [0.1, 0.15) is 5.56 Å². The van der Waals surface area contributed by atoms with Crippen LogP contribution in [-0.4, -0.2) is 19.1 Å². The topological polar surface area (TPSA) is 90.9 Å². The fraction of sp³-hybridized carbons (Fsp3) is 0.200. The minimum atomic E-state index is -0.610. The average Bonchev–Trinajstić information content (AvgIpc) is 2.25. The summed E-state index contributed by atoms with van der Waals surface area (Å²) in [4.78, 5) is 10.4. The molecule has 84 valence electrons. The summed E-state index contributed by atoms with van der Waals surface area (Å²) < 4.78 is 12.8. The maximum Gasteiger partial charge on any atom is 0.312 e. The van der Waals surface area contributed by atoms with Crippen LogP contribution >= 0.6 is 0 Å². The van der Waals surface area contributed by atoms with Crippen molar-refractivity contribution in [2.24, 2.45) is 5.73 Å². The third kappa shape index (κ3) is 3.46. The maximum absolute atomic E-state index is 12.8. The molecule has 0 heterocycles. The third-order valence-corrected chi connectivity index (χ3v) is 1.84. The number of nitrogens with zero attached hydrogens (tertiary/aromatic N) is 1. The van der Waals surface area contributed by atoms with Gasteiger partial charge in [-0.1, -0.05) is 0 Å². The summed E-state index contributed by atoms with van der Waals surface area (Å²) in [5, 5.41) is 14.0. The van der Waals surface area contributed by atoms with Crippen LogP contribution in [0.5, 0.6) is 0 Å². The lowest BCUT2D eigenvalue weighted by molar-refractivity contribution is 0.249. The van der Waals surface area contributed by atoms with Gasteiger partial charge in [-0.25, -0.2) is 9.18 Å². The Labute approximate surface area is 92.1 Å². The van der Waals surface area contributed by atoms with Gasteiger partial charge in [0.1, 0.15) is 11.9 Å². The molecule has 0 saturated heterocycles. The lowest BCUT2D eigenvalue weighted by Gasteiger charge is -2.08. The second-order valence-corrected chi connectivity index (χ2v) is 3.02. The molecular formula is C10H11FN4O. The number of hydrogen-bond acceptors (Lipinski definition) is 3. The van der Waals surface area contributed by atoms with Crippen molar-refractivity contribution in [3.8, 4) is 6.07 Å². The summed E-state index contributed by atoms with van der Waals surface area (Å²) in [7, 11) is 0. The molecule has 0 atom stereocenters. The number of amides is 2. The van der Waals surface area contributed by atoms with Gasteiger partial charge < -0.3 is 16.4 Å². The van der Waals surface area contributed by atoms with Crippen LogP contribution < -0.4 is 16.4 Å². The second-order valence-electron chi connectivity index (χ2n) is 3.02. The van der Waals surface area contributed by atoms with E-state index in [0.29, 0.717) is 18.8 Å². The third-order valence-electron chi connectivity index (χ3n) is 1.84. The summed E-state index contributed by atoms with van der Waals surface area (Å²) >= 11 is 0. The van der Waals surface area contributed by atoms with Crippen LogP contribution in [0.3, 0.4) is 0 Å². The quantitative estimate of drug-likeness (QED) is 0.657. The summed E-state index contributed by atoms with van der Waals surface area (Å²) in [6, 6.07) is 5.13. The number of nitrogens with one attached hydrogen (secondary N) is 2. The molecule has 1 aromatic carbocycles. The fourth-order valence-corrected chi connectivity index (χ4v) is 1.15. The second kappa shape index (κ2) is 5.56. The first-order valence-corrected chi connectivity index (χ1v) is 4.60. The maximum atomic E-state index is 12.8. The molecule has 0 aromatic heterocycles. The van der Waals surface area contributed by atoms with E-state index in [4.69, 9.17) is 11.0 Å². The Hall–Kier alpha value is -2.29. The number of nitriles is 1. The van der Waals surface area contributed by atoms with E-state index in [1.807, 2.05) is 6.07 Å². The van der Waals surface area contributed by atoms with Crippen molar-refractivity contribution >= 4 is 11.7 Å². The van der Waals surface area contributed by atoms with Crippen LogP contribution in [0.2, 0.25) is 0 Å². The number of benzene rings is 1. The molecular weight excluding hydrogens is 211 g/mol. The Morgan fingerprint density at radius 3 is 2.88 bits per heavy atom. The standard InChI is InChI=1S/C10H11FN4O/c11-8-1-2-9(7(5-8)6-12)14-3-4-15-10(13)16/h1-2,5,14H,3-4H2,(H3,13,15,16). The van der Waals surface area contributed by atoms with E-state index < -0.39 is 11.8 Å². The summed E-state index contributed by atoms with van der Waals surface area (Å²) in [5.41, 5.74) is 5.61. The van der Waals surface area contributed by atoms with E-state index in [1.54, 1.807) is 0 Å². The minimum Gasteiger partial charge on any atom is -0.382 e. The first-order valence-electron chi connectivity index (χ1n) is 4.60. The summed E-state index contributed by atoms with van der Waals surface area (Å²) in [5.74, 6) is -0.461. The van der Waals surface area contributed by atoms with E-state index in [-0.39, 0.29) is 5.56 Å². The molecule has 0 aliphatic rings. The highest BCUT2D eigenvalue weighted by molar-refractivity contribution is 5.71. The van der Waals surface area contributed by atoms with Crippen LogP contribution in [0, 0.1) is 17.1 Å². The highest BCUT2D eigenvalue weighted by Gasteiger charge is 2.02. The van der Waals surface area contributed by atoms with E-state index in [0.717, 1.165) is 6.07 Å². The number of anilines is 1. The lowest BCUT2D eigenvalue weighted by Crippen LogP contribution is -2.33. The van der Waals surface area contributed by atoms with Gasteiger partial charge in [0.25, 0.3) is 0 Å². The van der Waals surface area contributed by atoms with E-state index in [9.17, 15) is 9.18 Å². The molecule has 0 bridgehead atoms. The SMILES string of the molecule is N#Cc1cc(F)ccc1NCCNC(N)=O. The molecule has 2 amide bonds. The number of halogens is 1. The van der Waals surface area contributed by atoms with Gasteiger partial charge in [0.05, 0.1) is 11.3 Å². The first-order chi connectivity index (χ1) is 7.63. The Morgan fingerprint density at radius 2 is 2.25 bits per heavy atom. The fourth-order valence-electron chi connectivity index (χ4n) is 1.15. The molecule has 5 nitrogen and oxygen atoms in total. The molecule has 0 fully saturated rings.